The summed E-state index contributed by atoms with van der Waals surface area (Å²) < 4.78 is 11.3. The second kappa shape index (κ2) is 13.0. The molecule has 1 aliphatic rings. The fourth-order valence-electron chi connectivity index (χ4n) is 4.43. The molecule has 0 aromatic heterocycles. The lowest BCUT2D eigenvalue weighted by molar-refractivity contribution is -0.141. The lowest BCUT2D eigenvalue weighted by atomic mass is 10.0. The van der Waals surface area contributed by atoms with E-state index in [0.29, 0.717) is 53.2 Å². The number of rotatable bonds is 10. The van der Waals surface area contributed by atoms with Gasteiger partial charge in [-0.05, 0) is 55.7 Å². The molecule has 200 valence electrons. The van der Waals surface area contributed by atoms with E-state index in [2.05, 4.69) is 5.32 Å². The minimum absolute atomic E-state index is 0.0839. The molecule has 0 radical (unpaired) electrons. The minimum atomic E-state index is -0.750. The van der Waals surface area contributed by atoms with E-state index in [-0.39, 0.29) is 30.8 Å². The number of fused-ring (bicyclic) bond motifs is 1. The third kappa shape index (κ3) is 7.21. The third-order valence-corrected chi connectivity index (χ3v) is 7.03. The van der Waals surface area contributed by atoms with Crippen molar-refractivity contribution in [3.8, 4) is 11.5 Å². The van der Waals surface area contributed by atoms with E-state index in [4.69, 9.17) is 32.7 Å². The summed E-state index contributed by atoms with van der Waals surface area (Å²) in [6.07, 6.45) is 1.03. The van der Waals surface area contributed by atoms with Crippen LogP contribution in [0.25, 0.3) is 0 Å². The Morgan fingerprint density at radius 1 is 0.895 bits per heavy atom. The molecule has 0 aliphatic carbocycles. The molecule has 38 heavy (non-hydrogen) atoms. The number of ether oxygens (including phenoxy) is 2. The summed E-state index contributed by atoms with van der Waals surface area (Å²) in [5.74, 6) is 0.990. The fraction of sp³-hybridized carbons (Fsp3) is 0.333. The summed E-state index contributed by atoms with van der Waals surface area (Å²) >= 11 is 13.0. The van der Waals surface area contributed by atoms with Crippen LogP contribution in [0.15, 0.2) is 66.7 Å². The van der Waals surface area contributed by atoms with Gasteiger partial charge in [0.25, 0.3) is 0 Å². The van der Waals surface area contributed by atoms with Crippen molar-refractivity contribution in [1.82, 2.24) is 10.2 Å². The molecule has 0 spiro atoms. The molecule has 3 aromatic rings. The van der Waals surface area contributed by atoms with E-state index in [1.807, 2.05) is 62.4 Å². The SMILES string of the molecule is CC(C)NC(=O)[C@@H](Cc1ccccc1)N(Cc1c(Cl)cccc1Cl)C(=O)CCc1ccc2c(c1)OCCO2. The third-order valence-electron chi connectivity index (χ3n) is 6.33. The van der Waals surface area contributed by atoms with E-state index < -0.39 is 6.04 Å². The van der Waals surface area contributed by atoms with Gasteiger partial charge >= 0.3 is 0 Å². The number of nitrogens with zero attached hydrogens (tertiary/aromatic N) is 1. The highest BCUT2D eigenvalue weighted by molar-refractivity contribution is 6.36. The van der Waals surface area contributed by atoms with E-state index in [9.17, 15) is 9.59 Å². The first-order chi connectivity index (χ1) is 18.3. The Hall–Kier alpha value is -3.22. The highest BCUT2D eigenvalue weighted by atomic mass is 35.5. The van der Waals surface area contributed by atoms with Gasteiger partial charge in [0.15, 0.2) is 11.5 Å². The number of hydrogen-bond acceptors (Lipinski definition) is 4. The average Bonchev–Trinajstić information content (AvgIpc) is 2.90. The van der Waals surface area contributed by atoms with Gasteiger partial charge in [-0.15, -0.1) is 0 Å². The number of nitrogens with one attached hydrogen (secondary N) is 1. The van der Waals surface area contributed by atoms with Crippen LogP contribution < -0.4 is 14.8 Å². The van der Waals surface area contributed by atoms with E-state index in [1.165, 1.54) is 0 Å². The van der Waals surface area contributed by atoms with Crippen molar-refractivity contribution >= 4 is 35.0 Å². The van der Waals surface area contributed by atoms with Gasteiger partial charge in [-0.1, -0.05) is 65.7 Å². The molecule has 2 amide bonds. The van der Waals surface area contributed by atoms with Gasteiger partial charge in [0.2, 0.25) is 11.8 Å². The second-order valence-electron chi connectivity index (χ2n) is 9.57. The van der Waals surface area contributed by atoms with E-state index in [0.717, 1.165) is 11.1 Å². The number of aryl methyl sites for hydroxylation is 1. The maximum Gasteiger partial charge on any atom is 0.243 e. The molecule has 0 saturated heterocycles. The van der Waals surface area contributed by atoms with Gasteiger partial charge in [0.1, 0.15) is 19.3 Å². The zero-order valence-electron chi connectivity index (χ0n) is 21.6. The minimum Gasteiger partial charge on any atom is -0.486 e. The summed E-state index contributed by atoms with van der Waals surface area (Å²) in [6.45, 7) is 4.92. The molecule has 3 aromatic carbocycles. The molecule has 0 bridgehead atoms. The van der Waals surface area contributed by atoms with Crippen molar-refractivity contribution in [3.05, 3.63) is 93.5 Å². The van der Waals surface area contributed by atoms with Crippen LogP contribution in [0.2, 0.25) is 10.0 Å². The maximum atomic E-state index is 13.9. The van der Waals surface area contributed by atoms with Crippen LogP contribution in [0.3, 0.4) is 0 Å². The Morgan fingerprint density at radius 3 is 2.26 bits per heavy atom. The van der Waals surface area contributed by atoms with Crippen LogP contribution >= 0.6 is 23.2 Å². The number of halogens is 2. The topological polar surface area (TPSA) is 67.9 Å². The Balaban J connectivity index is 1.63. The lowest BCUT2D eigenvalue weighted by Crippen LogP contribution is -2.51. The number of benzene rings is 3. The first-order valence-corrected chi connectivity index (χ1v) is 13.5. The highest BCUT2D eigenvalue weighted by Crippen LogP contribution is 2.32. The summed E-state index contributed by atoms with van der Waals surface area (Å²) in [5, 5.41) is 3.89. The Kier molecular flexibility index (Phi) is 9.53. The normalized spacial score (nSPS) is 13.2. The Morgan fingerprint density at radius 2 is 1.58 bits per heavy atom. The van der Waals surface area contributed by atoms with Gasteiger partial charge in [0, 0.05) is 41.0 Å². The fourth-order valence-corrected chi connectivity index (χ4v) is 4.94. The van der Waals surface area contributed by atoms with Crippen molar-refractivity contribution < 1.29 is 19.1 Å². The number of amides is 2. The van der Waals surface area contributed by atoms with Crippen molar-refractivity contribution in [2.45, 2.75) is 51.7 Å². The zero-order chi connectivity index (χ0) is 27.1. The first-order valence-electron chi connectivity index (χ1n) is 12.8. The largest absolute Gasteiger partial charge is 0.486 e. The Labute approximate surface area is 233 Å². The molecule has 1 aliphatic heterocycles. The van der Waals surface area contributed by atoms with E-state index >= 15 is 0 Å². The van der Waals surface area contributed by atoms with E-state index in [1.54, 1.807) is 23.1 Å². The number of carbonyl (C=O) groups is 2. The molecule has 1 heterocycles. The summed E-state index contributed by atoms with van der Waals surface area (Å²) in [7, 11) is 0. The summed E-state index contributed by atoms with van der Waals surface area (Å²) in [6, 6.07) is 19.8. The highest BCUT2D eigenvalue weighted by Gasteiger charge is 2.31. The van der Waals surface area contributed by atoms with Gasteiger partial charge in [-0.2, -0.15) is 0 Å². The van der Waals surface area contributed by atoms with Gasteiger partial charge in [-0.3, -0.25) is 9.59 Å². The predicted molar refractivity (Wildman–Crippen MR) is 150 cm³/mol. The van der Waals surface area contributed by atoms with Crippen LogP contribution in [0, 0.1) is 0 Å². The first kappa shape index (κ1) is 27.8. The van der Waals surface area contributed by atoms with Crippen LogP contribution in [-0.2, 0) is 29.0 Å². The smallest absolute Gasteiger partial charge is 0.243 e. The quantitative estimate of drug-likeness (QED) is 0.340. The van der Waals surface area contributed by atoms with Gasteiger partial charge in [0.05, 0.1) is 0 Å². The molecule has 4 rings (SSSR count). The standard InChI is InChI=1S/C30H32Cl2N2O4/c1-20(2)33-30(36)26(17-21-7-4-3-5-8-21)34(19-23-24(31)9-6-10-25(23)32)29(35)14-12-22-11-13-27-28(18-22)38-16-15-37-27/h3-11,13,18,20,26H,12,14-17,19H2,1-2H3,(H,33,36)/t26-/m1/s1. The second-order valence-corrected chi connectivity index (χ2v) is 10.4. The molecule has 1 atom stereocenters. The lowest BCUT2D eigenvalue weighted by Gasteiger charge is -2.32. The number of hydrogen-bond donors (Lipinski definition) is 1. The summed E-state index contributed by atoms with van der Waals surface area (Å²) in [4.78, 5) is 29.0. The number of carbonyl (C=O) groups excluding carboxylic acids is 2. The molecular weight excluding hydrogens is 523 g/mol. The monoisotopic (exact) mass is 554 g/mol. The van der Waals surface area contributed by atoms with Gasteiger partial charge < -0.3 is 19.7 Å². The van der Waals surface area contributed by atoms with Gasteiger partial charge in [-0.25, -0.2) is 0 Å². The molecule has 0 saturated carbocycles. The van der Waals surface area contributed by atoms with Crippen LogP contribution in [0.5, 0.6) is 11.5 Å². The van der Waals surface area contributed by atoms with Crippen molar-refractivity contribution in [2.75, 3.05) is 13.2 Å². The Bertz CT molecular complexity index is 1250. The zero-order valence-corrected chi connectivity index (χ0v) is 23.1. The molecule has 8 heteroatoms. The molecule has 0 unspecified atom stereocenters. The van der Waals surface area contributed by atoms with Crippen molar-refractivity contribution in [2.24, 2.45) is 0 Å². The van der Waals surface area contributed by atoms with Crippen molar-refractivity contribution in [1.29, 1.82) is 0 Å². The van der Waals surface area contributed by atoms with Crippen LogP contribution in [-0.4, -0.2) is 42.0 Å². The molecule has 1 N–H and O–H groups in total. The van der Waals surface area contributed by atoms with Crippen LogP contribution in [0.4, 0.5) is 0 Å². The van der Waals surface area contributed by atoms with Crippen molar-refractivity contribution in [3.63, 3.8) is 0 Å². The predicted octanol–water partition coefficient (Wildman–Crippen LogP) is 5.86. The molecule has 0 fully saturated rings. The van der Waals surface area contributed by atoms with Crippen LogP contribution in [0.1, 0.15) is 37.0 Å². The maximum absolute atomic E-state index is 13.9. The molecular formula is C30H32Cl2N2O4. The summed E-state index contributed by atoms with van der Waals surface area (Å²) in [5.41, 5.74) is 2.51. The molecule has 6 nitrogen and oxygen atoms in total. The average molecular weight is 556 g/mol.